The summed E-state index contributed by atoms with van der Waals surface area (Å²) in [6.07, 6.45) is 1.54. The zero-order chi connectivity index (χ0) is 23.7. The number of fused-ring (bicyclic) bond motifs is 1. The molecule has 2 aliphatic heterocycles. The number of carbonyl (C=O) groups excluding carboxylic acids is 4. The van der Waals surface area contributed by atoms with Crippen LogP contribution in [0, 0.1) is 0 Å². The molecule has 0 spiro atoms. The highest BCUT2D eigenvalue weighted by atomic mass is 35.5. The van der Waals surface area contributed by atoms with Gasteiger partial charge < -0.3 is 20.3 Å². The third kappa shape index (κ3) is 4.27. The summed E-state index contributed by atoms with van der Waals surface area (Å²) in [4.78, 5) is 53.3. The lowest BCUT2D eigenvalue weighted by molar-refractivity contribution is -0.122. The van der Waals surface area contributed by atoms with Crippen molar-refractivity contribution < 1.29 is 23.9 Å². The molecule has 4 rings (SSSR count). The maximum Gasteiger partial charge on any atom is 0.338 e. The van der Waals surface area contributed by atoms with Crippen LogP contribution in [-0.4, -0.2) is 54.5 Å². The van der Waals surface area contributed by atoms with E-state index in [0.717, 1.165) is 4.90 Å². The van der Waals surface area contributed by atoms with Crippen LogP contribution in [0.3, 0.4) is 0 Å². The Balaban J connectivity index is 1.49. The van der Waals surface area contributed by atoms with E-state index in [2.05, 4.69) is 10.6 Å². The summed E-state index contributed by atoms with van der Waals surface area (Å²) in [7, 11) is 1.67. The van der Waals surface area contributed by atoms with E-state index in [1.807, 2.05) is 0 Å². The Morgan fingerprint density at radius 2 is 1.76 bits per heavy atom. The van der Waals surface area contributed by atoms with Gasteiger partial charge in [-0.1, -0.05) is 11.6 Å². The number of amides is 4. The summed E-state index contributed by atoms with van der Waals surface area (Å²) < 4.78 is 4.94. The Morgan fingerprint density at radius 3 is 2.39 bits per heavy atom. The smallest absolute Gasteiger partial charge is 0.338 e. The van der Waals surface area contributed by atoms with Crippen molar-refractivity contribution in [1.82, 2.24) is 10.2 Å². The van der Waals surface area contributed by atoms with E-state index >= 15 is 0 Å². The predicted octanol–water partition coefficient (Wildman–Crippen LogP) is 2.78. The second-order valence-corrected chi connectivity index (χ2v) is 7.96. The minimum atomic E-state index is -0.808. The van der Waals surface area contributed by atoms with Crippen LogP contribution in [0.5, 0.6) is 0 Å². The summed E-state index contributed by atoms with van der Waals surface area (Å²) >= 11 is 5.91. The molecular formula is C23H21ClN4O5. The first-order valence-electron chi connectivity index (χ1n) is 10.2. The number of likely N-dealkylation sites (N-methyl/N-ethyl adjacent to an activating group) is 1. The lowest BCUT2D eigenvalue weighted by atomic mass is 9.99. The van der Waals surface area contributed by atoms with E-state index in [4.69, 9.17) is 16.3 Å². The minimum Gasteiger partial charge on any atom is -0.462 e. The zero-order valence-corrected chi connectivity index (χ0v) is 18.6. The van der Waals surface area contributed by atoms with Crippen LogP contribution >= 0.6 is 11.6 Å². The molecule has 1 saturated heterocycles. The third-order valence-corrected chi connectivity index (χ3v) is 5.64. The van der Waals surface area contributed by atoms with Crippen molar-refractivity contribution in [3.63, 3.8) is 0 Å². The maximum atomic E-state index is 13.2. The molecule has 4 amide bonds. The number of nitrogens with one attached hydrogen (secondary N) is 2. The molecular weight excluding hydrogens is 448 g/mol. The van der Waals surface area contributed by atoms with Gasteiger partial charge in [-0.15, -0.1) is 0 Å². The maximum absolute atomic E-state index is 13.2. The molecule has 2 aromatic rings. The topological polar surface area (TPSA) is 108 Å². The second kappa shape index (κ2) is 8.95. The Bertz CT molecular complexity index is 1150. The predicted molar refractivity (Wildman–Crippen MR) is 122 cm³/mol. The van der Waals surface area contributed by atoms with E-state index in [1.165, 1.54) is 0 Å². The monoisotopic (exact) mass is 468 g/mol. The molecule has 0 aromatic heterocycles. The Morgan fingerprint density at radius 1 is 1.09 bits per heavy atom. The zero-order valence-electron chi connectivity index (χ0n) is 17.9. The molecule has 0 bridgehead atoms. The molecule has 33 heavy (non-hydrogen) atoms. The fourth-order valence-electron chi connectivity index (χ4n) is 3.83. The average molecular weight is 469 g/mol. The summed E-state index contributed by atoms with van der Waals surface area (Å²) in [6.45, 7) is 1.98. The number of halogens is 1. The molecule has 2 heterocycles. The van der Waals surface area contributed by atoms with Crippen LogP contribution in [0.15, 0.2) is 60.3 Å². The van der Waals surface area contributed by atoms with Gasteiger partial charge >= 0.3 is 12.0 Å². The van der Waals surface area contributed by atoms with Gasteiger partial charge in [0.25, 0.3) is 11.8 Å². The standard InChI is InChI=1S/C23H21ClN4O5/c1-3-33-22(31)13-4-8-15(9-5-13)25-20(29)17-12-27(2)19-18(17)26-23(32)28(21(19)30)16-10-6-14(24)7-11-16/h4-12,18-19H,3H2,1-2H3,(H,25,29)(H,26,32). The fraction of sp³-hybridized carbons (Fsp3) is 0.217. The number of benzene rings is 2. The van der Waals surface area contributed by atoms with Crippen LogP contribution in [0.2, 0.25) is 5.02 Å². The molecule has 1 fully saturated rings. The highest BCUT2D eigenvalue weighted by molar-refractivity contribution is 6.30. The van der Waals surface area contributed by atoms with Crippen molar-refractivity contribution in [3.05, 3.63) is 70.9 Å². The lowest BCUT2D eigenvalue weighted by Gasteiger charge is -2.37. The van der Waals surface area contributed by atoms with E-state index in [1.54, 1.807) is 73.6 Å². The van der Waals surface area contributed by atoms with Crippen LogP contribution in [0.1, 0.15) is 17.3 Å². The van der Waals surface area contributed by atoms with Crippen molar-refractivity contribution in [3.8, 4) is 0 Å². The number of imide groups is 1. The molecule has 0 aliphatic carbocycles. The number of carbonyl (C=O) groups is 4. The van der Waals surface area contributed by atoms with Crippen molar-refractivity contribution in [1.29, 1.82) is 0 Å². The first-order valence-corrected chi connectivity index (χ1v) is 10.6. The third-order valence-electron chi connectivity index (χ3n) is 5.39. The first-order chi connectivity index (χ1) is 15.8. The van der Waals surface area contributed by atoms with Gasteiger partial charge in [0.15, 0.2) is 0 Å². The highest BCUT2D eigenvalue weighted by Crippen LogP contribution is 2.30. The van der Waals surface area contributed by atoms with Crippen LogP contribution in [0.25, 0.3) is 0 Å². The normalized spacial score (nSPS) is 19.5. The van der Waals surface area contributed by atoms with Gasteiger partial charge in [0.2, 0.25) is 0 Å². The molecule has 0 saturated carbocycles. The van der Waals surface area contributed by atoms with E-state index in [-0.39, 0.29) is 12.2 Å². The molecule has 2 atom stereocenters. The molecule has 9 nitrogen and oxygen atoms in total. The second-order valence-electron chi connectivity index (χ2n) is 7.52. The van der Waals surface area contributed by atoms with Gasteiger partial charge in [0.1, 0.15) is 6.04 Å². The van der Waals surface area contributed by atoms with Gasteiger partial charge in [-0.25, -0.2) is 14.5 Å². The summed E-state index contributed by atoms with van der Waals surface area (Å²) in [6, 6.07) is 10.4. The van der Waals surface area contributed by atoms with Crippen LogP contribution in [0.4, 0.5) is 16.2 Å². The fourth-order valence-corrected chi connectivity index (χ4v) is 3.96. The average Bonchev–Trinajstić information content (AvgIpc) is 3.12. The molecule has 0 radical (unpaired) electrons. The summed E-state index contributed by atoms with van der Waals surface area (Å²) in [5.74, 6) is -1.37. The van der Waals surface area contributed by atoms with E-state index in [9.17, 15) is 19.2 Å². The summed E-state index contributed by atoms with van der Waals surface area (Å²) in [5.41, 5.74) is 1.45. The number of rotatable bonds is 5. The molecule has 170 valence electrons. The Kier molecular flexibility index (Phi) is 6.06. The van der Waals surface area contributed by atoms with Gasteiger partial charge in [-0.05, 0) is 55.5 Å². The number of ether oxygens (including phenoxy) is 1. The molecule has 2 aliphatic rings. The van der Waals surface area contributed by atoms with E-state index in [0.29, 0.717) is 22.0 Å². The van der Waals surface area contributed by atoms with Gasteiger partial charge in [-0.2, -0.15) is 0 Å². The minimum absolute atomic E-state index is 0.245. The molecule has 10 heteroatoms. The van der Waals surface area contributed by atoms with Gasteiger partial charge in [0, 0.05) is 24.0 Å². The highest BCUT2D eigenvalue weighted by Gasteiger charge is 2.49. The lowest BCUT2D eigenvalue weighted by Crippen LogP contribution is -2.65. The number of nitrogens with zero attached hydrogens (tertiary/aromatic N) is 2. The number of hydrogen-bond donors (Lipinski definition) is 2. The van der Waals surface area contributed by atoms with Gasteiger partial charge in [-0.3, -0.25) is 9.59 Å². The Hall–Kier alpha value is -3.85. The summed E-state index contributed by atoms with van der Waals surface area (Å²) in [5, 5.41) is 5.98. The van der Waals surface area contributed by atoms with Crippen LogP contribution in [-0.2, 0) is 14.3 Å². The largest absolute Gasteiger partial charge is 0.462 e. The first kappa shape index (κ1) is 22.3. The van der Waals surface area contributed by atoms with Crippen molar-refractivity contribution in [2.24, 2.45) is 0 Å². The quantitative estimate of drug-likeness (QED) is 0.653. The van der Waals surface area contributed by atoms with Crippen molar-refractivity contribution in [2.45, 2.75) is 19.0 Å². The van der Waals surface area contributed by atoms with Crippen LogP contribution < -0.4 is 15.5 Å². The number of esters is 1. The number of anilines is 2. The number of urea groups is 1. The molecule has 2 N–H and O–H groups in total. The molecule has 2 unspecified atom stereocenters. The molecule has 2 aromatic carbocycles. The van der Waals surface area contributed by atoms with Crippen molar-refractivity contribution >= 4 is 46.8 Å². The van der Waals surface area contributed by atoms with Crippen molar-refractivity contribution in [2.75, 3.05) is 23.9 Å². The van der Waals surface area contributed by atoms with Gasteiger partial charge in [0.05, 0.1) is 29.5 Å². The number of hydrogen-bond acceptors (Lipinski definition) is 6. The van der Waals surface area contributed by atoms with E-state index < -0.39 is 35.9 Å². The Labute approximate surface area is 194 Å². The SMILES string of the molecule is CCOC(=O)c1ccc(NC(=O)C2=CN(C)C3C(=O)N(c4ccc(Cl)cc4)C(=O)NC23)cc1.